The zero-order valence-corrected chi connectivity index (χ0v) is 10.3. The Bertz CT molecular complexity index is 409. The minimum atomic E-state index is -0.569. The second-order valence-electron chi connectivity index (χ2n) is 4.23. The van der Waals surface area contributed by atoms with Crippen molar-refractivity contribution in [2.24, 2.45) is 5.92 Å². The van der Waals surface area contributed by atoms with E-state index in [1.807, 2.05) is 20.8 Å². The van der Waals surface area contributed by atoms with Crippen LogP contribution in [0.3, 0.4) is 0 Å². The minimum Gasteiger partial charge on any atom is -0.383 e. The molecule has 1 heterocycles. The van der Waals surface area contributed by atoms with Crippen LogP contribution in [0.5, 0.6) is 0 Å². The maximum atomic E-state index is 13.0. The number of anilines is 1. The van der Waals surface area contributed by atoms with Crippen LogP contribution in [-0.4, -0.2) is 16.9 Å². The Balaban J connectivity index is 2.79. The van der Waals surface area contributed by atoms with Gasteiger partial charge in [0.15, 0.2) is 0 Å². The second-order valence-corrected chi connectivity index (χ2v) is 4.23. The van der Waals surface area contributed by atoms with Gasteiger partial charge in [0.05, 0.1) is 11.8 Å². The first-order valence-electron chi connectivity index (χ1n) is 5.67. The molecule has 2 unspecified atom stereocenters. The first-order valence-corrected chi connectivity index (χ1v) is 5.67. The molecule has 0 aliphatic rings. The number of carbonyl (C=O) groups is 1. The van der Waals surface area contributed by atoms with Crippen molar-refractivity contribution in [1.29, 1.82) is 0 Å². The molecular weight excluding hydrogens is 221 g/mol. The van der Waals surface area contributed by atoms with Gasteiger partial charge in [-0.25, -0.2) is 9.37 Å². The van der Waals surface area contributed by atoms with Crippen molar-refractivity contribution in [1.82, 2.24) is 10.3 Å². The maximum Gasteiger partial charge on any atom is 0.255 e. The third-order valence-corrected chi connectivity index (χ3v) is 2.99. The number of nitrogen functional groups attached to an aromatic ring is 1. The summed E-state index contributed by atoms with van der Waals surface area (Å²) in [6, 6.07) is 1.11. The van der Waals surface area contributed by atoms with Crippen LogP contribution in [0.1, 0.15) is 37.6 Å². The van der Waals surface area contributed by atoms with E-state index in [0.29, 0.717) is 5.92 Å². The lowest BCUT2D eigenvalue weighted by Crippen LogP contribution is -2.37. The molecule has 0 aliphatic heterocycles. The van der Waals surface area contributed by atoms with Crippen LogP contribution in [0.25, 0.3) is 0 Å². The molecule has 0 bridgehead atoms. The van der Waals surface area contributed by atoms with Gasteiger partial charge in [0.1, 0.15) is 11.6 Å². The first kappa shape index (κ1) is 13.4. The molecular formula is C12H18FN3O. The summed E-state index contributed by atoms with van der Waals surface area (Å²) in [6.45, 7) is 6.00. The van der Waals surface area contributed by atoms with Crippen LogP contribution in [0.15, 0.2) is 12.3 Å². The van der Waals surface area contributed by atoms with E-state index in [1.54, 1.807) is 0 Å². The maximum absolute atomic E-state index is 13.0. The van der Waals surface area contributed by atoms with Crippen LogP contribution in [0, 0.1) is 11.7 Å². The zero-order valence-electron chi connectivity index (χ0n) is 10.3. The Morgan fingerprint density at radius 1 is 1.59 bits per heavy atom. The van der Waals surface area contributed by atoms with E-state index in [4.69, 9.17) is 5.73 Å². The molecule has 1 aromatic heterocycles. The smallest absolute Gasteiger partial charge is 0.255 e. The topological polar surface area (TPSA) is 68.0 Å². The molecule has 0 radical (unpaired) electrons. The predicted octanol–water partition coefficient (Wildman–Crippen LogP) is 1.97. The van der Waals surface area contributed by atoms with E-state index >= 15 is 0 Å². The Labute approximate surface area is 100 Å². The fourth-order valence-corrected chi connectivity index (χ4v) is 1.41. The third-order valence-electron chi connectivity index (χ3n) is 2.99. The van der Waals surface area contributed by atoms with Crippen LogP contribution in [0.2, 0.25) is 0 Å². The Kier molecular flexibility index (Phi) is 4.43. The first-order chi connectivity index (χ1) is 7.95. The van der Waals surface area contributed by atoms with Gasteiger partial charge in [-0.3, -0.25) is 4.79 Å². The SMILES string of the molecule is CCC(C)C(C)NC(=O)c1cc(F)cnc1N. The number of aromatic nitrogens is 1. The van der Waals surface area contributed by atoms with Gasteiger partial charge in [0.2, 0.25) is 0 Å². The van der Waals surface area contributed by atoms with Gasteiger partial charge in [-0.1, -0.05) is 20.3 Å². The Morgan fingerprint density at radius 2 is 2.24 bits per heavy atom. The molecule has 3 N–H and O–H groups in total. The molecule has 17 heavy (non-hydrogen) atoms. The van der Waals surface area contributed by atoms with Crippen LogP contribution in [0.4, 0.5) is 10.2 Å². The largest absolute Gasteiger partial charge is 0.383 e. The van der Waals surface area contributed by atoms with E-state index in [2.05, 4.69) is 10.3 Å². The van der Waals surface area contributed by atoms with Crippen molar-refractivity contribution in [2.75, 3.05) is 5.73 Å². The standard InChI is InChI=1S/C12H18FN3O/c1-4-7(2)8(3)16-12(17)10-5-9(13)6-15-11(10)14/h5-8H,4H2,1-3H3,(H2,14,15)(H,16,17). The quantitative estimate of drug-likeness (QED) is 0.844. The van der Waals surface area contributed by atoms with Crippen LogP contribution < -0.4 is 11.1 Å². The highest BCUT2D eigenvalue weighted by Gasteiger charge is 2.17. The summed E-state index contributed by atoms with van der Waals surface area (Å²) in [4.78, 5) is 15.5. The van der Waals surface area contributed by atoms with E-state index < -0.39 is 5.82 Å². The number of pyridine rings is 1. The molecule has 0 spiro atoms. The lowest BCUT2D eigenvalue weighted by molar-refractivity contribution is 0.0928. The Morgan fingerprint density at radius 3 is 2.82 bits per heavy atom. The lowest BCUT2D eigenvalue weighted by atomic mass is 10.0. The highest BCUT2D eigenvalue weighted by Crippen LogP contribution is 2.12. The van der Waals surface area contributed by atoms with Gasteiger partial charge in [-0.2, -0.15) is 0 Å². The molecule has 0 saturated carbocycles. The lowest BCUT2D eigenvalue weighted by Gasteiger charge is -2.20. The van der Waals surface area contributed by atoms with Gasteiger partial charge in [0.25, 0.3) is 5.91 Å². The normalized spacial score (nSPS) is 14.1. The fourth-order valence-electron chi connectivity index (χ4n) is 1.41. The third kappa shape index (κ3) is 3.41. The number of hydrogen-bond donors (Lipinski definition) is 2. The van der Waals surface area contributed by atoms with Gasteiger partial charge >= 0.3 is 0 Å². The average Bonchev–Trinajstić information content (AvgIpc) is 2.30. The fraction of sp³-hybridized carbons (Fsp3) is 0.500. The van der Waals surface area contributed by atoms with Gasteiger partial charge < -0.3 is 11.1 Å². The van der Waals surface area contributed by atoms with Crippen molar-refractivity contribution < 1.29 is 9.18 Å². The monoisotopic (exact) mass is 239 g/mol. The molecule has 0 aromatic carbocycles. The van der Waals surface area contributed by atoms with Crippen LogP contribution >= 0.6 is 0 Å². The molecule has 2 atom stereocenters. The van der Waals surface area contributed by atoms with Crippen molar-refractivity contribution >= 4 is 11.7 Å². The zero-order chi connectivity index (χ0) is 13.0. The molecule has 4 nitrogen and oxygen atoms in total. The summed E-state index contributed by atoms with van der Waals surface area (Å²) in [5.41, 5.74) is 5.62. The number of nitrogens with two attached hydrogens (primary N) is 1. The Hall–Kier alpha value is -1.65. The summed E-state index contributed by atoms with van der Waals surface area (Å²) in [7, 11) is 0. The van der Waals surface area contributed by atoms with E-state index in [0.717, 1.165) is 18.7 Å². The van der Waals surface area contributed by atoms with Crippen LogP contribution in [-0.2, 0) is 0 Å². The number of nitrogens with one attached hydrogen (secondary N) is 1. The summed E-state index contributed by atoms with van der Waals surface area (Å²) in [5, 5.41) is 2.79. The molecule has 0 aliphatic carbocycles. The number of rotatable bonds is 4. The van der Waals surface area contributed by atoms with Crippen molar-refractivity contribution in [2.45, 2.75) is 33.2 Å². The highest BCUT2D eigenvalue weighted by atomic mass is 19.1. The minimum absolute atomic E-state index is 0.00941. The number of hydrogen-bond acceptors (Lipinski definition) is 3. The predicted molar refractivity (Wildman–Crippen MR) is 65.0 cm³/mol. The second kappa shape index (κ2) is 5.61. The highest BCUT2D eigenvalue weighted by molar-refractivity contribution is 5.98. The van der Waals surface area contributed by atoms with E-state index in [-0.39, 0.29) is 23.3 Å². The van der Waals surface area contributed by atoms with Gasteiger partial charge in [-0.15, -0.1) is 0 Å². The van der Waals surface area contributed by atoms with Gasteiger partial charge in [-0.05, 0) is 18.9 Å². The summed E-state index contributed by atoms with van der Waals surface area (Å²) in [6.07, 6.45) is 1.95. The molecule has 0 saturated heterocycles. The molecule has 0 fully saturated rings. The summed E-state index contributed by atoms with van der Waals surface area (Å²) in [5.74, 6) is -0.565. The molecule has 1 aromatic rings. The molecule has 5 heteroatoms. The number of nitrogens with zero attached hydrogens (tertiary/aromatic N) is 1. The number of carbonyl (C=O) groups excluding carboxylic acids is 1. The number of amides is 1. The summed E-state index contributed by atoms with van der Waals surface area (Å²) >= 11 is 0. The van der Waals surface area contributed by atoms with Crippen molar-refractivity contribution in [3.05, 3.63) is 23.6 Å². The summed E-state index contributed by atoms with van der Waals surface area (Å²) < 4.78 is 13.0. The van der Waals surface area contributed by atoms with Crippen molar-refractivity contribution in [3.63, 3.8) is 0 Å². The number of halogens is 1. The van der Waals surface area contributed by atoms with Gasteiger partial charge in [0, 0.05) is 6.04 Å². The average molecular weight is 239 g/mol. The van der Waals surface area contributed by atoms with E-state index in [1.165, 1.54) is 0 Å². The molecule has 1 amide bonds. The van der Waals surface area contributed by atoms with E-state index in [9.17, 15) is 9.18 Å². The molecule has 94 valence electrons. The molecule has 1 rings (SSSR count). The van der Waals surface area contributed by atoms with Crippen molar-refractivity contribution in [3.8, 4) is 0 Å².